The predicted molar refractivity (Wildman–Crippen MR) is 346 cm³/mol. The van der Waals surface area contributed by atoms with Gasteiger partial charge in [0.25, 0.3) is 0 Å². The van der Waals surface area contributed by atoms with Crippen LogP contribution in [-0.4, -0.2) is 193 Å². The molecule has 3 aliphatic rings. The number of aliphatic hydroxyl groups is 11. The number of hydrogen-bond donors (Lipinski definition) is 12. The lowest BCUT2D eigenvalue weighted by Gasteiger charge is -2.48. The lowest BCUT2D eigenvalue weighted by atomic mass is 9.96. The first-order chi connectivity index (χ1) is 43.3. The van der Waals surface area contributed by atoms with Crippen molar-refractivity contribution in [3.63, 3.8) is 0 Å². The van der Waals surface area contributed by atoms with Crippen molar-refractivity contribution in [1.82, 2.24) is 5.32 Å². The van der Waals surface area contributed by atoms with Gasteiger partial charge in [0.05, 0.1) is 38.6 Å². The van der Waals surface area contributed by atoms with Crippen LogP contribution in [0, 0.1) is 0 Å². The van der Waals surface area contributed by atoms with E-state index >= 15 is 0 Å². The highest BCUT2D eigenvalue weighted by Crippen LogP contribution is 2.33. The number of unbranched alkanes of at least 4 members (excludes halogenated alkanes) is 29. The van der Waals surface area contributed by atoms with Crippen LogP contribution < -0.4 is 5.32 Å². The van der Waals surface area contributed by atoms with Gasteiger partial charge in [0, 0.05) is 6.42 Å². The summed E-state index contributed by atoms with van der Waals surface area (Å²) in [5.74, 6) is -0.286. The molecule has 3 aliphatic heterocycles. The van der Waals surface area contributed by atoms with E-state index in [0.717, 1.165) is 51.4 Å². The van der Waals surface area contributed by atoms with Gasteiger partial charge in [-0.3, -0.25) is 4.79 Å². The van der Waals surface area contributed by atoms with Gasteiger partial charge in [-0.15, -0.1) is 0 Å². The molecule has 3 fully saturated rings. The first-order valence-electron chi connectivity index (χ1n) is 35.0. The molecular formula is C70H125NO18. The largest absolute Gasteiger partial charge is 0.394 e. The van der Waals surface area contributed by atoms with Crippen LogP contribution in [0.3, 0.4) is 0 Å². The summed E-state index contributed by atoms with van der Waals surface area (Å²) in [6.45, 7) is 1.69. The molecule has 0 saturated carbocycles. The highest BCUT2D eigenvalue weighted by Gasteiger charge is 2.53. The Hall–Kier alpha value is -2.51. The molecule has 518 valence electrons. The molecule has 3 rings (SSSR count). The first-order valence-corrected chi connectivity index (χ1v) is 35.0. The summed E-state index contributed by atoms with van der Waals surface area (Å²) >= 11 is 0. The van der Waals surface area contributed by atoms with Crippen LogP contribution in [0.25, 0.3) is 0 Å². The maximum atomic E-state index is 13.4. The van der Waals surface area contributed by atoms with Crippen molar-refractivity contribution in [3.8, 4) is 0 Å². The van der Waals surface area contributed by atoms with Crippen LogP contribution in [0.4, 0.5) is 0 Å². The number of carbonyl (C=O) groups is 1. The number of amides is 1. The molecule has 0 aromatic rings. The average Bonchev–Trinajstić information content (AvgIpc) is 1.92. The summed E-state index contributed by atoms with van der Waals surface area (Å²) in [5.41, 5.74) is 0. The standard InChI is InChI=1S/C70H125NO18/c1-3-5-7-9-11-13-15-17-18-19-20-21-22-23-24-25-26-27-28-29-30-31-32-33-34-36-38-40-42-44-46-48-58(76)71-53(54(75)47-45-43-41-39-37-35-16-14-12-10-8-6-4-2)52-84-68-64(82)61(79)66(56(50-73)86-68)89-70-65(83)62(80)67(57(51-74)87-70)88-69-63(81)60(78)59(77)55(49-72)85-69/h15,17,19-20,22-23,37,39,45,47,53-57,59-70,72-75,77-83H,3-14,16,18,21,24-36,38,40-44,46,48-52H2,1-2H3,(H,71,76)/b17-15-,20-19-,23-22-,39-37+,47-45+. The van der Waals surface area contributed by atoms with Gasteiger partial charge in [0.2, 0.25) is 5.91 Å². The molecule has 89 heavy (non-hydrogen) atoms. The van der Waals surface area contributed by atoms with Gasteiger partial charge in [0.1, 0.15) is 73.2 Å². The second-order valence-electron chi connectivity index (χ2n) is 25.0. The fraction of sp³-hybridized carbons (Fsp3) is 0.843. The normalized spacial score (nSPS) is 28.6. The Balaban J connectivity index is 1.38. The molecule has 0 aromatic carbocycles. The Morgan fingerprint density at radius 2 is 0.753 bits per heavy atom. The van der Waals surface area contributed by atoms with Crippen LogP contribution in [0.5, 0.6) is 0 Å². The van der Waals surface area contributed by atoms with Crippen LogP contribution in [0.15, 0.2) is 60.8 Å². The van der Waals surface area contributed by atoms with E-state index in [4.69, 9.17) is 28.4 Å². The number of nitrogens with one attached hydrogen (secondary N) is 1. The third-order valence-electron chi connectivity index (χ3n) is 17.3. The molecule has 19 heteroatoms. The summed E-state index contributed by atoms with van der Waals surface area (Å²) in [5, 5.41) is 120. The Morgan fingerprint density at radius 1 is 0.404 bits per heavy atom. The zero-order valence-corrected chi connectivity index (χ0v) is 54.6. The van der Waals surface area contributed by atoms with Gasteiger partial charge in [0.15, 0.2) is 18.9 Å². The minimum absolute atomic E-state index is 0.234. The molecule has 12 N–H and O–H groups in total. The van der Waals surface area contributed by atoms with Gasteiger partial charge in [-0.05, 0) is 70.6 Å². The Kier molecular flexibility index (Phi) is 47.0. The zero-order valence-electron chi connectivity index (χ0n) is 54.6. The van der Waals surface area contributed by atoms with E-state index in [1.807, 2.05) is 6.08 Å². The van der Waals surface area contributed by atoms with Gasteiger partial charge in [-0.1, -0.05) is 229 Å². The van der Waals surface area contributed by atoms with Crippen molar-refractivity contribution < 1.29 is 89.4 Å². The van der Waals surface area contributed by atoms with Gasteiger partial charge in [-0.2, -0.15) is 0 Å². The molecule has 3 saturated heterocycles. The fourth-order valence-corrected chi connectivity index (χ4v) is 11.6. The molecule has 0 aromatic heterocycles. The quantitative estimate of drug-likeness (QED) is 0.0199. The van der Waals surface area contributed by atoms with E-state index in [0.29, 0.717) is 12.8 Å². The Bertz CT molecular complexity index is 1850. The van der Waals surface area contributed by atoms with Crippen molar-refractivity contribution in [2.24, 2.45) is 0 Å². The van der Waals surface area contributed by atoms with E-state index in [1.165, 1.54) is 161 Å². The fourth-order valence-electron chi connectivity index (χ4n) is 11.6. The highest BCUT2D eigenvalue weighted by atomic mass is 16.8. The molecule has 1 amide bonds. The molecule has 17 unspecified atom stereocenters. The number of hydrogen-bond acceptors (Lipinski definition) is 18. The third kappa shape index (κ3) is 33.9. The third-order valence-corrected chi connectivity index (χ3v) is 17.3. The topological polar surface area (TPSA) is 307 Å². The molecule has 0 radical (unpaired) electrons. The Morgan fingerprint density at radius 3 is 1.20 bits per heavy atom. The summed E-state index contributed by atoms with van der Waals surface area (Å²) < 4.78 is 34.3. The number of aliphatic hydroxyl groups excluding tert-OH is 11. The number of rotatable bonds is 53. The number of allylic oxidation sites excluding steroid dienone is 9. The van der Waals surface area contributed by atoms with Crippen molar-refractivity contribution in [2.45, 2.75) is 349 Å². The van der Waals surface area contributed by atoms with Crippen molar-refractivity contribution in [3.05, 3.63) is 60.8 Å². The van der Waals surface area contributed by atoms with Crippen LogP contribution in [0.2, 0.25) is 0 Å². The monoisotopic (exact) mass is 1270 g/mol. The molecular weight excluding hydrogens is 1140 g/mol. The van der Waals surface area contributed by atoms with Crippen molar-refractivity contribution >= 4 is 5.91 Å². The van der Waals surface area contributed by atoms with E-state index in [2.05, 4.69) is 67.8 Å². The van der Waals surface area contributed by atoms with E-state index in [9.17, 15) is 61.0 Å². The maximum Gasteiger partial charge on any atom is 0.220 e. The second kappa shape index (κ2) is 51.8. The zero-order chi connectivity index (χ0) is 64.7. The summed E-state index contributed by atoms with van der Waals surface area (Å²) in [4.78, 5) is 13.4. The molecule has 0 bridgehead atoms. The van der Waals surface area contributed by atoms with Gasteiger partial charge >= 0.3 is 0 Å². The SMILES string of the molecule is CCCCCCC/C=C\C/C=C\C/C=C\CCCCCCCCCCCCCCCCCCC(=O)NC(COC1OC(CO)C(OC2OC(CO)C(OC3OC(CO)C(O)C(O)C3O)C(O)C2O)C(O)C1O)C(O)/C=C/CC/C=C/CCCCCCCCC. The highest BCUT2D eigenvalue weighted by molar-refractivity contribution is 5.76. The van der Waals surface area contributed by atoms with E-state index in [1.54, 1.807) is 6.08 Å². The molecule has 19 nitrogen and oxygen atoms in total. The molecule has 17 atom stereocenters. The molecule has 0 aliphatic carbocycles. The minimum Gasteiger partial charge on any atom is -0.394 e. The number of carbonyl (C=O) groups excluding carboxylic acids is 1. The summed E-state index contributed by atoms with van der Waals surface area (Å²) in [7, 11) is 0. The van der Waals surface area contributed by atoms with Crippen molar-refractivity contribution in [2.75, 3.05) is 26.4 Å². The maximum absolute atomic E-state index is 13.4. The summed E-state index contributed by atoms with van der Waals surface area (Å²) in [6.07, 6.45) is 36.4. The van der Waals surface area contributed by atoms with Gasteiger partial charge in [-0.25, -0.2) is 0 Å². The summed E-state index contributed by atoms with van der Waals surface area (Å²) in [6, 6.07) is -0.991. The minimum atomic E-state index is -1.98. The second-order valence-corrected chi connectivity index (χ2v) is 25.0. The molecule has 0 spiro atoms. The van der Waals surface area contributed by atoms with Crippen molar-refractivity contribution in [1.29, 1.82) is 0 Å². The number of ether oxygens (including phenoxy) is 6. The smallest absolute Gasteiger partial charge is 0.220 e. The van der Waals surface area contributed by atoms with E-state index in [-0.39, 0.29) is 18.9 Å². The lowest BCUT2D eigenvalue weighted by Crippen LogP contribution is -2.66. The first kappa shape index (κ1) is 80.7. The van der Waals surface area contributed by atoms with Crippen LogP contribution in [0.1, 0.15) is 245 Å². The Labute approximate surface area is 535 Å². The van der Waals surface area contributed by atoms with Crippen LogP contribution in [-0.2, 0) is 33.2 Å². The molecule has 3 heterocycles. The lowest BCUT2D eigenvalue weighted by molar-refractivity contribution is -0.379. The van der Waals surface area contributed by atoms with Gasteiger partial charge < -0.3 is 89.9 Å². The van der Waals surface area contributed by atoms with E-state index < -0.39 is 124 Å². The average molecular weight is 1270 g/mol. The predicted octanol–water partition coefficient (Wildman–Crippen LogP) is 9.16. The van der Waals surface area contributed by atoms with Crippen LogP contribution >= 0.6 is 0 Å².